The lowest BCUT2D eigenvalue weighted by Crippen LogP contribution is -2.63. The average molecular weight is 883 g/mol. The minimum absolute atomic E-state index is 0.0232. The highest BCUT2D eigenvalue weighted by molar-refractivity contribution is 6.94. The van der Waals surface area contributed by atoms with E-state index in [2.05, 4.69) is 198 Å². The van der Waals surface area contributed by atoms with Gasteiger partial charge in [-0.1, -0.05) is 201 Å². The summed E-state index contributed by atoms with van der Waals surface area (Å²) >= 11 is 0. The molecule has 344 valence electrons. The monoisotopic (exact) mass is 883 g/mol. The summed E-state index contributed by atoms with van der Waals surface area (Å²) in [5.41, 5.74) is 18.6. The molecule has 0 amide bonds. The van der Waals surface area contributed by atoms with Crippen LogP contribution in [0.4, 0.5) is 11.4 Å². The Kier molecular flexibility index (Phi) is 11.6. The Morgan fingerprint density at radius 1 is 0.567 bits per heavy atom. The molecule has 0 bridgehead atoms. The van der Waals surface area contributed by atoms with Crippen molar-refractivity contribution in [3.05, 3.63) is 190 Å². The van der Waals surface area contributed by atoms with Gasteiger partial charge in [0.2, 0.25) is 6.71 Å². The van der Waals surface area contributed by atoms with E-state index in [-0.39, 0.29) is 35.0 Å². The fourth-order valence-electron chi connectivity index (χ4n) is 13.7. The summed E-state index contributed by atoms with van der Waals surface area (Å²) in [6.07, 6.45) is 34.8. The van der Waals surface area contributed by atoms with Crippen LogP contribution < -0.4 is 20.7 Å². The van der Waals surface area contributed by atoms with Crippen molar-refractivity contribution in [2.75, 3.05) is 9.80 Å². The van der Waals surface area contributed by atoms with Gasteiger partial charge in [-0.25, -0.2) is 0 Å². The highest BCUT2D eigenvalue weighted by Crippen LogP contribution is 2.52. The third-order valence-electron chi connectivity index (χ3n) is 17.7. The van der Waals surface area contributed by atoms with Gasteiger partial charge in [-0.3, -0.25) is 0 Å². The summed E-state index contributed by atoms with van der Waals surface area (Å²) in [6, 6.07) is 38.7. The lowest BCUT2D eigenvalue weighted by atomic mass is 9.31. The van der Waals surface area contributed by atoms with E-state index in [0.717, 1.165) is 25.2 Å². The maximum atomic E-state index is 2.85. The number of fused-ring (bicyclic) bond motifs is 4. The third kappa shape index (κ3) is 7.99. The van der Waals surface area contributed by atoms with Crippen LogP contribution in [0.1, 0.15) is 160 Å². The smallest absolute Gasteiger partial charge is 0.247 e. The molecule has 0 N–H and O–H groups in total. The maximum absolute atomic E-state index is 2.85. The van der Waals surface area contributed by atoms with Crippen LogP contribution in [-0.2, 0) is 10.8 Å². The second kappa shape index (κ2) is 17.5. The molecule has 3 heteroatoms. The number of benzene rings is 4. The Morgan fingerprint density at radius 2 is 1.21 bits per heavy atom. The standard InChI is InChI=1S/C64H75BN2/c1-62(2,3)48-31-36-54(37-32-48)67-57-38-30-47(45-22-14-9-15-23-45)40-55(57)65-56-41-51(63(4,5)6)33-39-58(56)66(53-34-28-46(29-35-53)44-20-12-8-13-21-44)59-42-52(43-60(67)61(59)65)64(7,49-24-16-10-17-25-49)50-26-18-11-19-27-50/h10-11,16-19,24-28,30-36,38-41,43-46,54,59H,8-9,12-15,20-23,29,37,42H2,1-7H3. The number of hydrogen-bond acceptors (Lipinski definition) is 2. The van der Waals surface area contributed by atoms with E-state index < -0.39 is 0 Å². The zero-order chi connectivity index (χ0) is 46.1. The zero-order valence-corrected chi connectivity index (χ0v) is 41.8. The molecular weight excluding hydrogens is 808 g/mol. The molecule has 0 saturated heterocycles. The molecule has 67 heavy (non-hydrogen) atoms. The van der Waals surface area contributed by atoms with Crippen LogP contribution in [-0.4, -0.2) is 18.8 Å². The van der Waals surface area contributed by atoms with E-state index in [4.69, 9.17) is 0 Å². The molecule has 5 aliphatic carbocycles. The normalized spacial score (nSPS) is 23.6. The van der Waals surface area contributed by atoms with Crippen LogP contribution in [0.3, 0.4) is 0 Å². The van der Waals surface area contributed by atoms with E-state index >= 15 is 0 Å². The largest absolute Gasteiger partial charge is 0.335 e. The van der Waals surface area contributed by atoms with E-state index in [1.54, 1.807) is 11.0 Å². The van der Waals surface area contributed by atoms with Gasteiger partial charge in [0, 0.05) is 28.2 Å². The molecule has 0 radical (unpaired) electrons. The maximum Gasteiger partial charge on any atom is 0.247 e. The summed E-state index contributed by atoms with van der Waals surface area (Å²) in [6.45, 7) is 17.0. The summed E-state index contributed by atoms with van der Waals surface area (Å²) in [4.78, 5) is 5.69. The lowest BCUT2D eigenvalue weighted by molar-refractivity contribution is 0.285. The van der Waals surface area contributed by atoms with Crippen molar-refractivity contribution < 1.29 is 0 Å². The Morgan fingerprint density at radius 3 is 1.82 bits per heavy atom. The quantitative estimate of drug-likeness (QED) is 0.171. The van der Waals surface area contributed by atoms with E-state index in [9.17, 15) is 0 Å². The first-order valence-electron chi connectivity index (χ1n) is 26.6. The molecule has 3 atom stereocenters. The summed E-state index contributed by atoms with van der Waals surface area (Å²) < 4.78 is 0. The molecule has 2 aliphatic heterocycles. The first-order valence-corrected chi connectivity index (χ1v) is 26.6. The second-order valence-electron chi connectivity index (χ2n) is 23.8. The Bertz CT molecular complexity index is 2640. The zero-order valence-electron chi connectivity index (χ0n) is 41.8. The van der Waals surface area contributed by atoms with Gasteiger partial charge in [0.15, 0.2) is 0 Å². The summed E-state index contributed by atoms with van der Waals surface area (Å²) in [5.74, 6) is 2.08. The Balaban J connectivity index is 1.18. The van der Waals surface area contributed by atoms with Gasteiger partial charge >= 0.3 is 0 Å². The van der Waals surface area contributed by atoms with Crippen molar-refractivity contribution in [1.29, 1.82) is 0 Å². The topological polar surface area (TPSA) is 6.48 Å². The molecule has 0 aromatic heterocycles. The van der Waals surface area contributed by atoms with Gasteiger partial charge in [0.25, 0.3) is 0 Å². The molecule has 3 unspecified atom stereocenters. The van der Waals surface area contributed by atoms with Crippen LogP contribution >= 0.6 is 0 Å². The molecule has 2 nitrogen and oxygen atoms in total. The van der Waals surface area contributed by atoms with E-state index in [1.165, 1.54) is 126 Å². The summed E-state index contributed by atoms with van der Waals surface area (Å²) in [5, 5.41) is 0. The molecule has 2 fully saturated rings. The fourth-order valence-corrected chi connectivity index (χ4v) is 13.7. The molecule has 7 aliphatic rings. The molecule has 2 saturated carbocycles. The predicted molar refractivity (Wildman–Crippen MR) is 287 cm³/mol. The SMILES string of the molecule is CC(C)(C)C1=CCC(N2C3=C4B(c5cc(C6CCCCC6)ccc52)c2cc(C(C)(C)C)ccc2N(C2=CCC(C5CCCCC5)C=C2)C4CC(C(C)(c2ccccc2)c2ccccc2)=C3)C=C1. The van der Waals surface area contributed by atoms with Crippen molar-refractivity contribution in [2.24, 2.45) is 17.3 Å². The van der Waals surface area contributed by atoms with Crippen LogP contribution in [0.15, 0.2) is 168 Å². The van der Waals surface area contributed by atoms with Crippen LogP contribution in [0, 0.1) is 17.3 Å². The van der Waals surface area contributed by atoms with Crippen molar-refractivity contribution in [3.8, 4) is 0 Å². The van der Waals surface area contributed by atoms with Gasteiger partial charge in [0.05, 0.1) is 12.1 Å². The van der Waals surface area contributed by atoms with Gasteiger partial charge < -0.3 is 9.80 Å². The molecule has 11 rings (SSSR count). The number of hydrogen-bond donors (Lipinski definition) is 0. The third-order valence-corrected chi connectivity index (χ3v) is 17.7. The average Bonchev–Trinajstić information content (AvgIpc) is 3.36. The van der Waals surface area contributed by atoms with Crippen LogP contribution in [0.5, 0.6) is 0 Å². The van der Waals surface area contributed by atoms with Crippen molar-refractivity contribution in [2.45, 2.75) is 161 Å². The first-order chi connectivity index (χ1) is 32.4. The molecule has 2 heterocycles. The Hall–Kier alpha value is -5.02. The van der Waals surface area contributed by atoms with Crippen molar-refractivity contribution in [1.82, 2.24) is 0 Å². The van der Waals surface area contributed by atoms with Crippen molar-refractivity contribution >= 4 is 29.0 Å². The lowest BCUT2D eigenvalue weighted by Gasteiger charge is -2.54. The van der Waals surface area contributed by atoms with Gasteiger partial charge in [0.1, 0.15) is 0 Å². The van der Waals surface area contributed by atoms with E-state index in [1.807, 2.05) is 0 Å². The number of rotatable bonds is 7. The van der Waals surface area contributed by atoms with Crippen molar-refractivity contribution in [3.63, 3.8) is 0 Å². The highest BCUT2D eigenvalue weighted by atomic mass is 15.2. The minimum Gasteiger partial charge on any atom is -0.335 e. The highest BCUT2D eigenvalue weighted by Gasteiger charge is 2.52. The number of allylic oxidation sites excluding steroid dienone is 6. The number of nitrogens with zero attached hydrogens (tertiary/aromatic N) is 2. The Labute approximate surface area is 404 Å². The molecule has 4 aromatic rings. The van der Waals surface area contributed by atoms with E-state index in [0.29, 0.717) is 11.8 Å². The first kappa shape index (κ1) is 44.5. The second-order valence-corrected chi connectivity index (χ2v) is 23.8. The molecule has 0 spiro atoms. The predicted octanol–water partition coefficient (Wildman–Crippen LogP) is 15.1. The fraction of sp³-hybridized carbons (Fsp3) is 0.438. The van der Waals surface area contributed by atoms with Gasteiger partial charge in [-0.05, 0) is 149 Å². The minimum atomic E-state index is -0.347. The molecular formula is C64H75BN2. The van der Waals surface area contributed by atoms with Crippen LogP contribution in [0.2, 0.25) is 0 Å². The summed E-state index contributed by atoms with van der Waals surface area (Å²) in [7, 11) is 0. The molecule has 4 aromatic carbocycles. The van der Waals surface area contributed by atoms with Crippen LogP contribution in [0.25, 0.3) is 0 Å². The van der Waals surface area contributed by atoms with Gasteiger partial charge in [-0.2, -0.15) is 0 Å². The van der Waals surface area contributed by atoms with Gasteiger partial charge in [-0.15, -0.1) is 0 Å². The number of anilines is 2.